The minimum Gasteiger partial charge on any atom is -0.484 e. The average molecular weight is 503 g/mol. The van der Waals surface area contributed by atoms with Gasteiger partial charge in [-0.2, -0.15) is 0 Å². The molecule has 0 spiro atoms. The predicted octanol–water partition coefficient (Wildman–Crippen LogP) is 5.91. The summed E-state index contributed by atoms with van der Waals surface area (Å²) in [7, 11) is -3.75. The standard InChI is InChI=1S/C28H26N2O5S/c1-20-16-21(2)18-23(17-20)30-36(32,33)27-14-12-24(13-15-27)34-19-28(31)29-22-8-10-26(11-9-22)35-25-6-4-3-5-7-25/h3-18,30H,19H2,1-2H3,(H,29,31). The Bertz CT molecular complexity index is 1420. The molecule has 0 radical (unpaired) electrons. The number of benzene rings is 4. The fourth-order valence-corrected chi connectivity index (χ4v) is 4.58. The largest absolute Gasteiger partial charge is 0.484 e. The van der Waals surface area contributed by atoms with Crippen molar-refractivity contribution in [2.24, 2.45) is 0 Å². The van der Waals surface area contributed by atoms with Gasteiger partial charge in [-0.05, 0) is 97.8 Å². The first-order valence-electron chi connectivity index (χ1n) is 11.2. The Morgan fingerprint density at radius 1 is 0.722 bits per heavy atom. The molecule has 8 heteroatoms. The summed E-state index contributed by atoms with van der Waals surface area (Å²) in [6, 6.07) is 27.8. The molecular formula is C28H26N2O5S. The summed E-state index contributed by atoms with van der Waals surface area (Å²) >= 11 is 0. The molecule has 184 valence electrons. The summed E-state index contributed by atoms with van der Waals surface area (Å²) in [6.45, 7) is 3.58. The van der Waals surface area contributed by atoms with Crippen molar-refractivity contribution in [1.29, 1.82) is 0 Å². The number of sulfonamides is 1. The maximum absolute atomic E-state index is 12.7. The van der Waals surface area contributed by atoms with Gasteiger partial charge < -0.3 is 14.8 Å². The van der Waals surface area contributed by atoms with E-state index >= 15 is 0 Å². The van der Waals surface area contributed by atoms with E-state index in [4.69, 9.17) is 9.47 Å². The van der Waals surface area contributed by atoms with Gasteiger partial charge >= 0.3 is 0 Å². The van der Waals surface area contributed by atoms with Crippen LogP contribution in [0.5, 0.6) is 17.2 Å². The lowest BCUT2D eigenvalue weighted by atomic mass is 10.1. The lowest BCUT2D eigenvalue weighted by Crippen LogP contribution is -2.20. The van der Waals surface area contributed by atoms with E-state index in [0.29, 0.717) is 22.9 Å². The molecule has 4 aromatic rings. The normalized spacial score (nSPS) is 10.9. The fraction of sp³-hybridized carbons (Fsp3) is 0.107. The zero-order valence-corrected chi connectivity index (χ0v) is 20.7. The monoisotopic (exact) mass is 502 g/mol. The van der Waals surface area contributed by atoms with Gasteiger partial charge in [-0.3, -0.25) is 9.52 Å². The van der Waals surface area contributed by atoms with E-state index in [1.54, 1.807) is 36.4 Å². The third kappa shape index (κ3) is 6.86. The smallest absolute Gasteiger partial charge is 0.262 e. The van der Waals surface area contributed by atoms with Gasteiger partial charge in [0.25, 0.3) is 15.9 Å². The highest BCUT2D eigenvalue weighted by molar-refractivity contribution is 7.92. The molecule has 1 amide bonds. The van der Waals surface area contributed by atoms with Crippen LogP contribution in [0, 0.1) is 13.8 Å². The highest BCUT2D eigenvalue weighted by Crippen LogP contribution is 2.23. The lowest BCUT2D eigenvalue weighted by molar-refractivity contribution is -0.118. The van der Waals surface area contributed by atoms with Crippen LogP contribution in [-0.4, -0.2) is 20.9 Å². The van der Waals surface area contributed by atoms with Gasteiger partial charge in [-0.1, -0.05) is 24.3 Å². The Balaban J connectivity index is 1.29. The number of anilines is 2. The number of ether oxygens (including phenoxy) is 2. The molecule has 0 bridgehead atoms. The molecule has 0 unspecified atom stereocenters. The maximum atomic E-state index is 12.7. The number of amides is 1. The number of carbonyl (C=O) groups is 1. The number of nitrogens with one attached hydrogen (secondary N) is 2. The van der Waals surface area contributed by atoms with E-state index < -0.39 is 10.0 Å². The third-order valence-electron chi connectivity index (χ3n) is 5.09. The van der Waals surface area contributed by atoms with Crippen LogP contribution in [-0.2, 0) is 14.8 Å². The Morgan fingerprint density at radius 3 is 1.94 bits per heavy atom. The molecule has 2 N–H and O–H groups in total. The van der Waals surface area contributed by atoms with E-state index in [1.165, 1.54) is 24.3 Å². The molecule has 0 fully saturated rings. The quantitative estimate of drug-likeness (QED) is 0.297. The molecule has 0 aliphatic carbocycles. The highest BCUT2D eigenvalue weighted by Gasteiger charge is 2.15. The SMILES string of the molecule is Cc1cc(C)cc(NS(=O)(=O)c2ccc(OCC(=O)Nc3ccc(Oc4ccccc4)cc3)cc2)c1. The predicted molar refractivity (Wildman–Crippen MR) is 140 cm³/mol. The minimum absolute atomic E-state index is 0.0938. The van der Waals surface area contributed by atoms with Crippen molar-refractivity contribution in [2.45, 2.75) is 18.7 Å². The molecule has 0 heterocycles. The molecule has 0 aliphatic heterocycles. The molecule has 0 saturated heterocycles. The van der Waals surface area contributed by atoms with Crippen molar-refractivity contribution in [3.05, 3.63) is 108 Å². The fourth-order valence-electron chi connectivity index (χ4n) is 3.54. The number of carbonyl (C=O) groups excluding carboxylic acids is 1. The molecule has 4 rings (SSSR count). The van der Waals surface area contributed by atoms with Crippen molar-refractivity contribution in [3.8, 4) is 17.2 Å². The van der Waals surface area contributed by atoms with Crippen molar-refractivity contribution >= 4 is 27.3 Å². The molecule has 36 heavy (non-hydrogen) atoms. The van der Waals surface area contributed by atoms with Crippen molar-refractivity contribution < 1.29 is 22.7 Å². The van der Waals surface area contributed by atoms with E-state index in [9.17, 15) is 13.2 Å². The maximum Gasteiger partial charge on any atom is 0.262 e. The summed E-state index contributed by atoms with van der Waals surface area (Å²) in [6.07, 6.45) is 0. The van der Waals surface area contributed by atoms with Gasteiger partial charge in [0, 0.05) is 11.4 Å². The topological polar surface area (TPSA) is 93.7 Å². The zero-order chi connectivity index (χ0) is 25.5. The lowest BCUT2D eigenvalue weighted by Gasteiger charge is -2.11. The van der Waals surface area contributed by atoms with Gasteiger partial charge in [-0.25, -0.2) is 8.42 Å². The van der Waals surface area contributed by atoms with Crippen molar-refractivity contribution in [1.82, 2.24) is 0 Å². The van der Waals surface area contributed by atoms with Crippen molar-refractivity contribution in [3.63, 3.8) is 0 Å². The Hall–Kier alpha value is -4.30. The Labute approximate surface area is 210 Å². The van der Waals surface area contributed by atoms with Gasteiger partial charge in [0.1, 0.15) is 17.2 Å². The molecule has 0 aromatic heterocycles. The second-order valence-electron chi connectivity index (χ2n) is 8.23. The van der Waals surface area contributed by atoms with Crippen LogP contribution in [0.4, 0.5) is 11.4 Å². The van der Waals surface area contributed by atoms with E-state index in [-0.39, 0.29) is 17.4 Å². The summed E-state index contributed by atoms with van der Waals surface area (Å²) in [5.74, 6) is 1.40. The van der Waals surface area contributed by atoms with Gasteiger partial charge in [0.2, 0.25) is 0 Å². The van der Waals surface area contributed by atoms with E-state index in [0.717, 1.165) is 16.9 Å². The first-order chi connectivity index (χ1) is 17.3. The van der Waals surface area contributed by atoms with Crippen LogP contribution in [0.3, 0.4) is 0 Å². The van der Waals surface area contributed by atoms with Crippen molar-refractivity contribution in [2.75, 3.05) is 16.6 Å². The summed E-state index contributed by atoms with van der Waals surface area (Å²) in [5.41, 5.74) is 3.03. The molecular weight excluding hydrogens is 476 g/mol. The summed E-state index contributed by atoms with van der Waals surface area (Å²) in [4.78, 5) is 12.4. The van der Waals surface area contributed by atoms with Gasteiger partial charge in [0.05, 0.1) is 4.90 Å². The number of para-hydroxylation sites is 1. The summed E-state index contributed by atoms with van der Waals surface area (Å²) in [5, 5.41) is 2.75. The minimum atomic E-state index is -3.75. The first kappa shape index (κ1) is 24.8. The van der Waals surface area contributed by atoms with E-state index in [1.807, 2.05) is 50.2 Å². The van der Waals surface area contributed by atoms with Crippen LogP contribution in [0.25, 0.3) is 0 Å². The second kappa shape index (κ2) is 11.0. The highest BCUT2D eigenvalue weighted by atomic mass is 32.2. The van der Waals surface area contributed by atoms with Crippen LogP contribution in [0.15, 0.2) is 102 Å². The average Bonchev–Trinajstić information content (AvgIpc) is 2.84. The number of hydrogen-bond donors (Lipinski definition) is 2. The van der Waals surface area contributed by atoms with Crippen LogP contribution < -0.4 is 19.5 Å². The molecule has 0 saturated carbocycles. The number of rotatable bonds is 9. The molecule has 4 aromatic carbocycles. The second-order valence-corrected chi connectivity index (χ2v) is 9.91. The number of aryl methyl sites for hydroxylation is 2. The molecule has 7 nitrogen and oxygen atoms in total. The first-order valence-corrected chi connectivity index (χ1v) is 12.7. The zero-order valence-electron chi connectivity index (χ0n) is 19.9. The molecule has 0 atom stereocenters. The van der Waals surface area contributed by atoms with Gasteiger partial charge in [-0.15, -0.1) is 0 Å². The van der Waals surface area contributed by atoms with Crippen LogP contribution >= 0.6 is 0 Å². The van der Waals surface area contributed by atoms with Gasteiger partial charge in [0.15, 0.2) is 6.61 Å². The summed E-state index contributed by atoms with van der Waals surface area (Å²) < 4.78 is 39.2. The molecule has 0 aliphatic rings. The Kier molecular flexibility index (Phi) is 7.56. The van der Waals surface area contributed by atoms with Crippen LogP contribution in [0.2, 0.25) is 0 Å². The van der Waals surface area contributed by atoms with Crippen LogP contribution in [0.1, 0.15) is 11.1 Å². The Morgan fingerprint density at radius 2 is 1.31 bits per heavy atom. The van der Waals surface area contributed by atoms with E-state index in [2.05, 4.69) is 10.0 Å². The number of hydrogen-bond acceptors (Lipinski definition) is 5. The third-order valence-corrected chi connectivity index (χ3v) is 6.49.